The van der Waals surface area contributed by atoms with Crippen molar-refractivity contribution >= 4 is 15.9 Å². The Morgan fingerprint density at radius 3 is 2.21 bits per heavy atom. The van der Waals surface area contributed by atoms with E-state index >= 15 is 0 Å². The highest BCUT2D eigenvalue weighted by molar-refractivity contribution is 7.89. The Morgan fingerprint density at radius 2 is 1.53 bits per heavy atom. The second-order valence-corrected chi connectivity index (χ2v) is 11.6. The summed E-state index contributed by atoms with van der Waals surface area (Å²) in [7, 11) is -1.29. The minimum atomic E-state index is -3.50. The van der Waals surface area contributed by atoms with Gasteiger partial charge >= 0.3 is 0 Å². The van der Waals surface area contributed by atoms with Crippen LogP contribution in [-0.4, -0.2) is 49.7 Å². The number of benzene rings is 2. The highest BCUT2D eigenvalue weighted by atomic mass is 32.2. The van der Waals surface area contributed by atoms with Crippen LogP contribution in [0.1, 0.15) is 56.1 Å². The van der Waals surface area contributed by atoms with E-state index in [1.807, 2.05) is 12.1 Å². The molecule has 2 fully saturated rings. The molecule has 1 saturated heterocycles. The minimum Gasteiger partial charge on any atom is -0.352 e. The van der Waals surface area contributed by atoms with Crippen LogP contribution in [0.5, 0.6) is 0 Å². The number of sulfonamides is 1. The second kappa shape index (κ2) is 11.5. The van der Waals surface area contributed by atoms with E-state index in [0.717, 1.165) is 12.1 Å². The first-order chi connectivity index (χ1) is 16.4. The van der Waals surface area contributed by atoms with Gasteiger partial charge in [0, 0.05) is 38.1 Å². The highest BCUT2D eigenvalue weighted by Gasteiger charge is 2.32. The van der Waals surface area contributed by atoms with Crippen molar-refractivity contribution in [1.29, 1.82) is 0 Å². The van der Waals surface area contributed by atoms with Crippen LogP contribution in [-0.2, 0) is 27.9 Å². The van der Waals surface area contributed by atoms with Gasteiger partial charge in [0.05, 0.1) is 4.90 Å². The Balaban J connectivity index is 1.29. The van der Waals surface area contributed by atoms with Gasteiger partial charge in [-0.3, -0.25) is 9.69 Å². The van der Waals surface area contributed by atoms with Crippen molar-refractivity contribution in [1.82, 2.24) is 14.5 Å². The molecular weight excluding hydrogens is 446 g/mol. The average molecular weight is 484 g/mol. The van der Waals surface area contributed by atoms with E-state index in [1.165, 1.54) is 42.0 Å². The van der Waals surface area contributed by atoms with Crippen LogP contribution in [0.2, 0.25) is 0 Å². The normalized spacial score (nSPS) is 18.8. The van der Waals surface area contributed by atoms with Gasteiger partial charge in [-0.25, -0.2) is 8.42 Å². The Hall–Kier alpha value is -2.22. The molecule has 4 rings (SSSR count). The van der Waals surface area contributed by atoms with Gasteiger partial charge in [-0.05, 0) is 56.0 Å². The van der Waals surface area contributed by atoms with Crippen molar-refractivity contribution in [2.75, 3.05) is 20.1 Å². The summed E-state index contributed by atoms with van der Waals surface area (Å²) >= 11 is 0. The van der Waals surface area contributed by atoms with Gasteiger partial charge in [-0.1, -0.05) is 61.7 Å². The molecule has 7 heteroatoms. The first-order valence-electron chi connectivity index (χ1n) is 12.5. The number of carbonyl (C=O) groups is 1. The van der Waals surface area contributed by atoms with E-state index in [-0.39, 0.29) is 11.8 Å². The molecule has 2 aromatic carbocycles. The molecule has 2 aliphatic rings. The molecular formula is C27H37N3O3S. The summed E-state index contributed by atoms with van der Waals surface area (Å²) in [5, 5.41) is 3.12. The molecule has 0 unspecified atom stereocenters. The lowest BCUT2D eigenvalue weighted by atomic mass is 9.94. The Morgan fingerprint density at radius 1 is 0.912 bits per heavy atom. The highest BCUT2D eigenvalue weighted by Crippen LogP contribution is 2.25. The van der Waals surface area contributed by atoms with Gasteiger partial charge in [-0.15, -0.1) is 0 Å². The van der Waals surface area contributed by atoms with Gasteiger partial charge in [-0.2, -0.15) is 4.31 Å². The molecule has 2 aromatic rings. The van der Waals surface area contributed by atoms with Crippen LogP contribution >= 0.6 is 0 Å². The molecule has 0 radical (unpaired) electrons. The number of nitrogens with one attached hydrogen (secondary N) is 1. The van der Waals surface area contributed by atoms with Crippen LogP contribution in [0.25, 0.3) is 0 Å². The van der Waals surface area contributed by atoms with Gasteiger partial charge in [0.1, 0.15) is 0 Å². The smallest absolute Gasteiger partial charge is 0.243 e. The number of amides is 1. The van der Waals surface area contributed by atoms with Crippen molar-refractivity contribution in [3.8, 4) is 0 Å². The molecule has 1 heterocycles. The third-order valence-electron chi connectivity index (χ3n) is 7.39. The van der Waals surface area contributed by atoms with Crippen LogP contribution in [0.15, 0.2) is 59.5 Å². The maximum atomic E-state index is 12.9. The lowest BCUT2D eigenvalue weighted by molar-refractivity contribution is -0.126. The molecule has 6 nitrogen and oxygen atoms in total. The molecule has 1 aliphatic carbocycles. The quantitative estimate of drug-likeness (QED) is 0.612. The van der Waals surface area contributed by atoms with E-state index in [2.05, 4.69) is 35.5 Å². The fraction of sp³-hybridized carbons (Fsp3) is 0.519. The van der Waals surface area contributed by atoms with E-state index in [1.54, 1.807) is 24.3 Å². The summed E-state index contributed by atoms with van der Waals surface area (Å²) in [4.78, 5) is 15.7. The zero-order valence-electron chi connectivity index (χ0n) is 20.2. The van der Waals surface area contributed by atoms with Crippen molar-refractivity contribution in [2.45, 2.75) is 69.0 Å². The van der Waals surface area contributed by atoms with E-state index in [9.17, 15) is 13.2 Å². The molecule has 1 saturated carbocycles. The third kappa shape index (κ3) is 6.06. The topological polar surface area (TPSA) is 69.7 Å². The maximum absolute atomic E-state index is 12.9. The predicted octanol–water partition coefficient (Wildman–Crippen LogP) is 4.17. The van der Waals surface area contributed by atoms with E-state index in [0.29, 0.717) is 43.4 Å². The SMILES string of the molecule is CN(Cc1ccccc1CNC(=O)C1CCN(S(=O)(=O)c2ccccc2)CC1)C1CCCCC1. The van der Waals surface area contributed by atoms with Crippen LogP contribution < -0.4 is 5.32 Å². The Labute approximate surface area is 204 Å². The third-order valence-corrected chi connectivity index (χ3v) is 9.31. The number of piperidine rings is 1. The molecule has 34 heavy (non-hydrogen) atoms. The zero-order valence-corrected chi connectivity index (χ0v) is 21.0. The van der Waals surface area contributed by atoms with E-state index < -0.39 is 10.0 Å². The number of hydrogen-bond donors (Lipinski definition) is 1. The largest absolute Gasteiger partial charge is 0.352 e. The fourth-order valence-corrected chi connectivity index (χ4v) is 6.72. The van der Waals surface area contributed by atoms with Crippen molar-refractivity contribution in [3.63, 3.8) is 0 Å². The number of nitrogens with zero attached hydrogens (tertiary/aromatic N) is 2. The predicted molar refractivity (Wildman–Crippen MR) is 135 cm³/mol. The van der Waals surface area contributed by atoms with Crippen LogP contribution in [0.4, 0.5) is 0 Å². The van der Waals surface area contributed by atoms with Crippen molar-refractivity contribution < 1.29 is 13.2 Å². The lowest BCUT2D eigenvalue weighted by Crippen LogP contribution is -2.42. The average Bonchev–Trinajstić information content (AvgIpc) is 2.89. The fourth-order valence-electron chi connectivity index (χ4n) is 5.23. The summed E-state index contributed by atoms with van der Waals surface area (Å²) in [6.07, 6.45) is 7.62. The summed E-state index contributed by atoms with van der Waals surface area (Å²) in [5.74, 6) is -0.133. The second-order valence-electron chi connectivity index (χ2n) is 9.68. The lowest BCUT2D eigenvalue weighted by Gasteiger charge is -2.32. The molecule has 184 valence electrons. The summed E-state index contributed by atoms with van der Waals surface area (Å²) in [6, 6.07) is 17.5. The van der Waals surface area contributed by atoms with Crippen LogP contribution in [0, 0.1) is 5.92 Å². The minimum absolute atomic E-state index is 0.0206. The summed E-state index contributed by atoms with van der Waals surface area (Å²) in [6.45, 7) is 2.15. The molecule has 0 spiro atoms. The first-order valence-corrected chi connectivity index (χ1v) is 14.0. The van der Waals surface area contributed by atoms with Gasteiger partial charge in [0.25, 0.3) is 0 Å². The maximum Gasteiger partial charge on any atom is 0.243 e. The van der Waals surface area contributed by atoms with Gasteiger partial charge < -0.3 is 5.32 Å². The van der Waals surface area contributed by atoms with Crippen molar-refractivity contribution in [3.05, 3.63) is 65.7 Å². The Bertz CT molecular complexity index is 1040. The molecule has 0 aromatic heterocycles. The van der Waals surface area contributed by atoms with Crippen LogP contribution in [0.3, 0.4) is 0 Å². The molecule has 0 atom stereocenters. The van der Waals surface area contributed by atoms with Gasteiger partial charge in [0.15, 0.2) is 0 Å². The first kappa shape index (κ1) is 24.9. The monoisotopic (exact) mass is 483 g/mol. The molecule has 0 bridgehead atoms. The molecule has 1 N–H and O–H groups in total. The standard InChI is InChI=1S/C27H37N3O3S/c1-29(25-12-4-2-5-13-25)21-24-11-9-8-10-23(24)20-28-27(31)22-16-18-30(19-17-22)34(32,33)26-14-6-3-7-15-26/h3,6-11,14-15,22,25H,2,4-5,12-13,16-21H2,1H3,(H,28,31). The number of rotatable bonds is 8. The number of carbonyl (C=O) groups excluding carboxylic acids is 1. The summed E-state index contributed by atoms with van der Waals surface area (Å²) < 4.78 is 27.2. The molecule has 1 amide bonds. The van der Waals surface area contributed by atoms with Crippen molar-refractivity contribution in [2.24, 2.45) is 5.92 Å². The van der Waals surface area contributed by atoms with E-state index in [4.69, 9.17) is 0 Å². The summed E-state index contributed by atoms with van der Waals surface area (Å²) in [5.41, 5.74) is 2.42. The van der Waals surface area contributed by atoms with Gasteiger partial charge in [0.2, 0.25) is 15.9 Å². The number of hydrogen-bond acceptors (Lipinski definition) is 4. The molecule has 1 aliphatic heterocycles. The Kier molecular flexibility index (Phi) is 8.40. The zero-order chi connectivity index (χ0) is 24.0.